The number of nitrogens with zero attached hydrogens (tertiary/aromatic N) is 2. The van der Waals surface area contributed by atoms with Crippen molar-refractivity contribution < 1.29 is 13.2 Å². The van der Waals surface area contributed by atoms with E-state index < -0.39 is 10.0 Å². The molecule has 2 rings (SSSR count). The molecular weight excluding hydrogens is 384 g/mol. The van der Waals surface area contributed by atoms with E-state index in [4.69, 9.17) is 5.14 Å². The summed E-state index contributed by atoms with van der Waals surface area (Å²) in [5, 5.41) is 17.7. The van der Waals surface area contributed by atoms with E-state index in [-0.39, 0.29) is 16.6 Å². The van der Waals surface area contributed by atoms with E-state index in [9.17, 15) is 18.5 Å². The molecule has 1 amide bonds. The summed E-state index contributed by atoms with van der Waals surface area (Å²) in [6.07, 6.45) is 0.562. The highest BCUT2D eigenvalue weighted by Crippen LogP contribution is 2.23. The van der Waals surface area contributed by atoms with Gasteiger partial charge in [-0.3, -0.25) is 4.79 Å². The highest BCUT2D eigenvalue weighted by atomic mass is 32.2. The number of nitrogens with one attached hydrogen (secondary N) is 1. The summed E-state index contributed by atoms with van der Waals surface area (Å²) in [7, 11) is -3.70. The van der Waals surface area contributed by atoms with Gasteiger partial charge in [0.1, 0.15) is 11.1 Å². The van der Waals surface area contributed by atoms with Gasteiger partial charge in [-0.1, -0.05) is 23.9 Å². The van der Waals surface area contributed by atoms with E-state index in [1.165, 1.54) is 23.9 Å². The molecular formula is C18H20N4O3S2. The molecule has 27 heavy (non-hydrogen) atoms. The summed E-state index contributed by atoms with van der Waals surface area (Å²) in [6, 6.07) is 10.2. The van der Waals surface area contributed by atoms with Crippen molar-refractivity contribution in [2.24, 2.45) is 5.14 Å². The highest BCUT2D eigenvalue weighted by Gasteiger charge is 2.11. The number of aromatic nitrogens is 1. The van der Waals surface area contributed by atoms with E-state index in [2.05, 4.69) is 16.4 Å². The van der Waals surface area contributed by atoms with Crippen molar-refractivity contribution in [1.29, 1.82) is 5.26 Å². The predicted octanol–water partition coefficient (Wildman–Crippen LogP) is 1.67. The van der Waals surface area contributed by atoms with Crippen LogP contribution in [-0.2, 0) is 21.2 Å². The van der Waals surface area contributed by atoms with Crippen molar-refractivity contribution in [2.75, 3.05) is 12.3 Å². The number of benzene rings is 1. The molecule has 9 heteroatoms. The first-order valence-electron chi connectivity index (χ1n) is 8.10. The SMILES string of the molecule is Cc1cc(C)c(C#N)c(SCC(=O)NCCc2ccc(S(N)(=O)=O)cc2)n1. The second kappa shape index (κ2) is 8.99. The van der Waals surface area contributed by atoms with Gasteiger partial charge in [0.25, 0.3) is 0 Å². The molecule has 7 nitrogen and oxygen atoms in total. The molecule has 1 aromatic carbocycles. The summed E-state index contributed by atoms with van der Waals surface area (Å²) in [4.78, 5) is 16.4. The minimum atomic E-state index is -3.70. The van der Waals surface area contributed by atoms with E-state index in [0.29, 0.717) is 23.6 Å². The summed E-state index contributed by atoms with van der Waals surface area (Å²) in [5.74, 6) is 0.000529. The maximum atomic E-state index is 12.0. The van der Waals surface area contributed by atoms with Crippen molar-refractivity contribution in [1.82, 2.24) is 10.3 Å². The number of nitriles is 1. The first-order chi connectivity index (χ1) is 12.7. The van der Waals surface area contributed by atoms with Gasteiger partial charge in [0.15, 0.2) is 0 Å². The molecule has 0 fully saturated rings. The standard InChI is InChI=1S/C18H20N4O3S2/c1-12-9-13(2)22-18(16(12)10-19)26-11-17(23)21-8-7-14-3-5-15(6-4-14)27(20,24)25/h3-6,9H,7-8,11H2,1-2H3,(H,21,23)(H2,20,24,25). The van der Waals surface area contributed by atoms with Crippen molar-refractivity contribution in [3.8, 4) is 6.07 Å². The van der Waals surface area contributed by atoms with Crippen LogP contribution in [0.1, 0.15) is 22.4 Å². The molecule has 0 aliphatic rings. The molecule has 0 atom stereocenters. The minimum absolute atomic E-state index is 0.0564. The van der Waals surface area contributed by atoms with Crippen LogP contribution in [0.4, 0.5) is 0 Å². The number of sulfonamides is 1. The Kier molecular flexibility index (Phi) is 6.96. The number of thioether (sulfide) groups is 1. The van der Waals surface area contributed by atoms with Crippen LogP contribution in [0.3, 0.4) is 0 Å². The molecule has 2 aromatic rings. The number of hydrogen-bond acceptors (Lipinski definition) is 6. The van der Waals surface area contributed by atoms with Crippen molar-refractivity contribution in [3.63, 3.8) is 0 Å². The van der Waals surface area contributed by atoms with Crippen LogP contribution in [0.2, 0.25) is 0 Å². The Balaban J connectivity index is 1.85. The number of nitrogens with two attached hydrogens (primary N) is 1. The van der Waals surface area contributed by atoms with Gasteiger partial charge in [0, 0.05) is 12.2 Å². The smallest absolute Gasteiger partial charge is 0.238 e. The van der Waals surface area contributed by atoms with E-state index in [1.807, 2.05) is 19.9 Å². The quantitative estimate of drug-likeness (QED) is 0.676. The van der Waals surface area contributed by atoms with Crippen molar-refractivity contribution in [2.45, 2.75) is 30.2 Å². The maximum absolute atomic E-state index is 12.0. The number of rotatable bonds is 7. The molecule has 0 aliphatic carbocycles. The number of aryl methyl sites for hydroxylation is 2. The lowest BCUT2D eigenvalue weighted by molar-refractivity contribution is -0.118. The van der Waals surface area contributed by atoms with Crippen LogP contribution in [0.15, 0.2) is 40.3 Å². The summed E-state index contributed by atoms with van der Waals surface area (Å²) >= 11 is 1.23. The lowest BCUT2D eigenvalue weighted by atomic mass is 10.1. The molecule has 0 unspecified atom stereocenters. The molecule has 0 radical (unpaired) electrons. The van der Waals surface area contributed by atoms with Gasteiger partial charge in [0.05, 0.1) is 16.2 Å². The van der Waals surface area contributed by atoms with Gasteiger partial charge < -0.3 is 5.32 Å². The van der Waals surface area contributed by atoms with Gasteiger partial charge in [-0.05, 0) is 49.6 Å². The normalized spacial score (nSPS) is 11.0. The molecule has 0 saturated carbocycles. The van der Waals surface area contributed by atoms with Crippen LogP contribution in [0.25, 0.3) is 0 Å². The zero-order valence-electron chi connectivity index (χ0n) is 15.0. The zero-order valence-corrected chi connectivity index (χ0v) is 16.7. The molecule has 0 aliphatic heterocycles. The molecule has 142 valence electrons. The Morgan fingerprint density at radius 1 is 1.30 bits per heavy atom. The monoisotopic (exact) mass is 404 g/mol. The van der Waals surface area contributed by atoms with Gasteiger partial charge >= 0.3 is 0 Å². The molecule has 1 heterocycles. The number of carbonyl (C=O) groups excluding carboxylic acids is 1. The van der Waals surface area contributed by atoms with E-state index >= 15 is 0 Å². The summed E-state index contributed by atoms with van der Waals surface area (Å²) < 4.78 is 22.4. The maximum Gasteiger partial charge on any atom is 0.238 e. The Morgan fingerprint density at radius 2 is 1.96 bits per heavy atom. The van der Waals surface area contributed by atoms with Crippen LogP contribution >= 0.6 is 11.8 Å². The highest BCUT2D eigenvalue weighted by molar-refractivity contribution is 8.00. The molecule has 3 N–H and O–H groups in total. The fourth-order valence-corrected chi connectivity index (χ4v) is 3.86. The predicted molar refractivity (Wildman–Crippen MR) is 104 cm³/mol. The average molecular weight is 405 g/mol. The van der Waals surface area contributed by atoms with Gasteiger partial charge in [-0.15, -0.1) is 0 Å². The number of primary sulfonamides is 1. The van der Waals surface area contributed by atoms with Crippen LogP contribution in [0, 0.1) is 25.2 Å². The topological polar surface area (TPSA) is 126 Å². The average Bonchev–Trinajstić information content (AvgIpc) is 2.59. The Hall–Kier alpha value is -2.41. The van der Waals surface area contributed by atoms with Crippen LogP contribution < -0.4 is 10.5 Å². The molecule has 0 bridgehead atoms. The fourth-order valence-electron chi connectivity index (χ4n) is 2.42. The number of hydrogen-bond donors (Lipinski definition) is 2. The third-order valence-corrected chi connectivity index (χ3v) is 5.66. The second-order valence-electron chi connectivity index (χ2n) is 5.95. The van der Waals surface area contributed by atoms with E-state index in [0.717, 1.165) is 16.8 Å². The second-order valence-corrected chi connectivity index (χ2v) is 8.48. The lowest BCUT2D eigenvalue weighted by Gasteiger charge is -2.08. The van der Waals surface area contributed by atoms with Gasteiger partial charge in [0.2, 0.25) is 15.9 Å². The number of amides is 1. The number of pyridine rings is 1. The lowest BCUT2D eigenvalue weighted by Crippen LogP contribution is -2.27. The fraction of sp³-hybridized carbons (Fsp3) is 0.278. The Morgan fingerprint density at radius 3 is 2.56 bits per heavy atom. The van der Waals surface area contributed by atoms with Crippen molar-refractivity contribution in [3.05, 3.63) is 52.7 Å². The third-order valence-electron chi connectivity index (χ3n) is 3.75. The Labute approximate surface area is 163 Å². The van der Waals surface area contributed by atoms with Gasteiger partial charge in [-0.2, -0.15) is 5.26 Å². The van der Waals surface area contributed by atoms with Crippen molar-refractivity contribution >= 4 is 27.7 Å². The zero-order chi connectivity index (χ0) is 20.0. The van der Waals surface area contributed by atoms with Gasteiger partial charge in [-0.25, -0.2) is 18.5 Å². The van der Waals surface area contributed by atoms with Crippen LogP contribution in [0.5, 0.6) is 0 Å². The molecule has 0 saturated heterocycles. The first kappa shape index (κ1) is 20.9. The van der Waals surface area contributed by atoms with Crippen LogP contribution in [-0.4, -0.2) is 31.6 Å². The molecule has 1 aromatic heterocycles. The Bertz CT molecular complexity index is 981. The minimum Gasteiger partial charge on any atom is -0.355 e. The third kappa shape index (κ3) is 6.06. The summed E-state index contributed by atoms with van der Waals surface area (Å²) in [6.45, 7) is 4.11. The number of carbonyl (C=O) groups is 1. The largest absolute Gasteiger partial charge is 0.355 e. The summed E-state index contributed by atoms with van der Waals surface area (Å²) in [5.41, 5.74) is 3.03. The molecule has 0 spiro atoms. The van der Waals surface area contributed by atoms with E-state index in [1.54, 1.807) is 12.1 Å². The first-order valence-corrected chi connectivity index (χ1v) is 10.6.